The predicted octanol–water partition coefficient (Wildman–Crippen LogP) is 3.32. The van der Waals surface area contributed by atoms with Crippen molar-refractivity contribution in [3.05, 3.63) is 34.9 Å². The molecule has 0 spiro atoms. The second-order valence-electron chi connectivity index (χ2n) is 4.37. The van der Waals surface area contributed by atoms with E-state index in [0.717, 1.165) is 0 Å². The van der Waals surface area contributed by atoms with Gasteiger partial charge in [-0.15, -0.1) is 0 Å². The summed E-state index contributed by atoms with van der Waals surface area (Å²) < 4.78 is 75.7. The van der Waals surface area contributed by atoms with E-state index in [1.54, 1.807) is 0 Å². The highest BCUT2D eigenvalue weighted by atomic mass is 19.4. The molecule has 0 aliphatic carbocycles. The number of carbonyl (C=O) groups excluding carboxylic acids is 2. The van der Waals surface area contributed by atoms with Gasteiger partial charge in [-0.05, 0) is 23.8 Å². The lowest BCUT2D eigenvalue weighted by molar-refractivity contribution is -0.143. The minimum atomic E-state index is -4.96. The van der Waals surface area contributed by atoms with E-state index < -0.39 is 47.3 Å². The Hall–Kier alpha value is -2.06. The largest absolute Gasteiger partial charge is 0.416 e. The van der Waals surface area contributed by atoms with E-state index in [0.29, 0.717) is 12.1 Å². The predicted molar refractivity (Wildman–Crippen MR) is 63.6 cm³/mol. The number of nitrogens with one attached hydrogen (secondary N) is 1. The molecule has 0 saturated heterocycles. The molecule has 0 aliphatic rings. The molecule has 1 aromatic carbocycles. The number of carbonyl (C=O) groups is 2. The summed E-state index contributed by atoms with van der Waals surface area (Å²) >= 11 is 0. The number of halogens is 6. The average Bonchev–Trinajstić information content (AvgIpc) is 2.41. The van der Waals surface area contributed by atoms with Gasteiger partial charge >= 0.3 is 12.4 Å². The van der Waals surface area contributed by atoms with Crippen molar-refractivity contribution in [1.82, 2.24) is 5.32 Å². The van der Waals surface area contributed by atoms with Gasteiger partial charge in [0.05, 0.1) is 11.1 Å². The van der Waals surface area contributed by atoms with Crippen LogP contribution in [0.4, 0.5) is 26.3 Å². The van der Waals surface area contributed by atoms with Gasteiger partial charge in [-0.25, -0.2) is 0 Å². The zero-order valence-corrected chi connectivity index (χ0v) is 11.2. The molecular formula is C13H11F6NO2. The highest BCUT2D eigenvalue weighted by molar-refractivity contribution is 6.35. The minimum Gasteiger partial charge on any atom is -0.345 e. The highest BCUT2D eigenvalue weighted by Gasteiger charge is 2.36. The maximum atomic E-state index is 12.6. The van der Waals surface area contributed by atoms with Crippen molar-refractivity contribution in [2.45, 2.75) is 32.2 Å². The molecule has 0 saturated carbocycles. The molecule has 1 amide bonds. The van der Waals surface area contributed by atoms with E-state index in [1.807, 2.05) is 5.32 Å². The monoisotopic (exact) mass is 327 g/mol. The van der Waals surface area contributed by atoms with Crippen LogP contribution in [-0.4, -0.2) is 11.7 Å². The van der Waals surface area contributed by atoms with Crippen molar-refractivity contribution in [3.63, 3.8) is 0 Å². The Balaban J connectivity index is 3.09. The van der Waals surface area contributed by atoms with Gasteiger partial charge in [0.1, 0.15) is 0 Å². The number of amides is 1. The molecule has 22 heavy (non-hydrogen) atoms. The summed E-state index contributed by atoms with van der Waals surface area (Å²) in [4.78, 5) is 22.2. The number of Topliss-reactive ketones (excluding diaryl/α,β-unsaturated/α-hetero) is 1. The summed E-state index contributed by atoms with van der Waals surface area (Å²) in [7, 11) is 0. The second-order valence-corrected chi connectivity index (χ2v) is 4.37. The van der Waals surface area contributed by atoms with Crippen LogP contribution in [0.2, 0.25) is 0 Å². The summed E-state index contributed by atoms with van der Waals surface area (Å²) in [6.07, 6.45) is -10.0. The Morgan fingerprint density at radius 3 is 1.77 bits per heavy atom. The van der Waals surface area contributed by atoms with Gasteiger partial charge in [0.15, 0.2) is 0 Å². The summed E-state index contributed by atoms with van der Waals surface area (Å²) in [5.74, 6) is -1.88. The fourth-order valence-corrected chi connectivity index (χ4v) is 1.56. The number of rotatable bonds is 4. The number of ketones is 1. The Kier molecular flexibility index (Phi) is 5.21. The SMILES string of the molecule is CCC(=O)C(=O)NCc1cc(C(F)(F)F)cc(C(F)(F)F)c1. The zero-order valence-electron chi connectivity index (χ0n) is 11.2. The van der Waals surface area contributed by atoms with Crippen molar-refractivity contribution in [3.8, 4) is 0 Å². The molecule has 0 aromatic heterocycles. The van der Waals surface area contributed by atoms with E-state index in [-0.39, 0.29) is 12.5 Å². The van der Waals surface area contributed by atoms with Crippen molar-refractivity contribution < 1.29 is 35.9 Å². The fourth-order valence-electron chi connectivity index (χ4n) is 1.56. The van der Waals surface area contributed by atoms with E-state index in [9.17, 15) is 35.9 Å². The first-order valence-corrected chi connectivity index (χ1v) is 6.04. The Bertz CT molecular complexity index is 545. The number of hydrogen-bond acceptors (Lipinski definition) is 2. The Morgan fingerprint density at radius 1 is 0.955 bits per heavy atom. The third-order valence-electron chi connectivity index (χ3n) is 2.67. The van der Waals surface area contributed by atoms with E-state index >= 15 is 0 Å². The Morgan fingerprint density at radius 2 is 1.41 bits per heavy atom. The molecule has 9 heteroatoms. The lowest BCUT2D eigenvalue weighted by Crippen LogP contribution is -2.30. The summed E-state index contributed by atoms with van der Waals surface area (Å²) in [5.41, 5.74) is -3.36. The smallest absolute Gasteiger partial charge is 0.345 e. The summed E-state index contributed by atoms with van der Waals surface area (Å²) in [6, 6.07) is 0.973. The molecule has 0 atom stereocenters. The van der Waals surface area contributed by atoms with Gasteiger partial charge in [-0.2, -0.15) is 26.3 Å². The van der Waals surface area contributed by atoms with Gasteiger partial charge in [0, 0.05) is 13.0 Å². The van der Waals surface area contributed by atoms with Crippen LogP contribution >= 0.6 is 0 Å². The zero-order chi connectivity index (χ0) is 17.1. The fraction of sp³-hybridized carbons (Fsp3) is 0.385. The van der Waals surface area contributed by atoms with Crippen LogP contribution in [0.5, 0.6) is 0 Å². The minimum absolute atomic E-state index is 0.0114. The van der Waals surface area contributed by atoms with Gasteiger partial charge < -0.3 is 5.32 Å². The molecular weight excluding hydrogens is 316 g/mol. The molecule has 1 rings (SSSR count). The van der Waals surface area contributed by atoms with E-state index in [1.165, 1.54) is 6.92 Å². The van der Waals surface area contributed by atoms with E-state index in [2.05, 4.69) is 0 Å². The molecule has 0 aliphatic heterocycles. The molecule has 0 bridgehead atoms. The molecule has 0 fully saturated rings. The van der Waals surface area contributed by atoms with Crippen LogP contribution in [0, 0.1) is 0 Å². The summed E-state index contributed by atoms with van der Waals surface area (Å²) in [6.45, 7) is 0.783. The van der Waals surface area contributed by atoms with Crippen LogP contribution in [0.15, 0.2) is 18.2 Å². The average molecular weight is 327 g/mol. The standard InChI is InChI=1S/C13H11F6NO2/c1-2-10(21)11(22)20-6-7-3-8(12(14,15)16)5-9(4-7)13(17,18)19/h3-5H,2,6H2,1H3,(H,20,22). The van der Waals surface area contributed by atoms with Crippen LogP contribution in [0.3, 0.4) is 0 Å². The first kappa shape index (κ1) is 18.0. The van der Waals surface area contributed by atoms with Crippen LogP contribution in [-0.2, 0) is 28.5 Å². The molecule has 0 heterocycles. The van der Waals surface area contributed by atoms with Crippen LogP contribution < -0.4 is 5.32 Å². The lowest BCUT2D eigenvalue weighted by Gasteiger charge is -2.14. The van der Waals surface area contributed by atoms with Crippen LogP contribution in [0.1, 0.15) is 30.0 Å². The van der Waals surface area contributed by atoms with Crippen molar-refractivity contribution >= 4 is 11.7 Å². The van der Waals surface area contributed by atoms with Crippen LogP contribution in [0.25, 0.3) is 0 Å². The second kappa shape index (κ2) is 6.37. The molecule has 3 nitrogen and oxygen atoms in total. The van der Waals surface area contributed by atoms with Gasteiger partial charge in [-0.3, -0.25) is 9.59 Å². The normalized spacial score (nSPS) is 12.1. The van der Waals surface area contributed by atoms with Crippen molar-refractivity contribution in [2.75, 3.05) is 0 Å². The molecule has 1 aromatic rings. The number of benzene rings is 1. The number of hydrogen-bond donors (Lipinski definition) is 1. The summed E-state index contributed by atoms with van der Waals surface area (Å²) in [5, 5.41) is 1.98. The highest BCUT2D eigenvalue weighted by Crippen LogP contribution is 2.36. The third-order valence-corrected chi connectivity index (χ3v) is 2.67. The topological polar surface area (TPSA) is 46.2 Å². The maximum Gasteiger partial charge on any atom is 0.416 e. The van der Waals surface area contributed by atoms with Gasteiger partial charge in [0.25, 0.3) is 5.91 Å². The van der Waals surface area contributed by atoms with Gasteiger partial charge in [-0.1, -0.05) is 6.92 Å². The maximum absolute atomic E-state index is 12.6. The first-order chi connectivity index (χ1) is 9.95. The number of alkyl halides is 6. The molecule has 122 valence electrons. The third kappa shape index (κ3) is 4.74. The first-order valence-electron chi connectivity index (χ1n) is 6.04. The van der Waals surface area contributed by atoms with E-state index in [4.69, 9.17) is 0 Å². The van der Waals surface area contributed by atoms with Crippen molar-refractivity contribution in [1.29, 1.82) is 0 Å². The van der Waals surface area contributed by atoms with Gasteiger partial charge in [0.2, 0.25) is 5.78 Å². The molecule has 0 unspecified atom stereocenters. The van der Waals surface area contributed by atoms with Crippen molar-refractivity contribution in [2.24, 2.45) is 0 Å². The molecule has 1 N–H and O–H groups in total. The molecule has 0 radical (unpaired) electrons. The quantitative estimate of drug-likeness (QED) is 0.681. The lowest BCUT2D eigenvalue weighted by atomic mass is 10.0. The Labute approximate surface area is 121 Å².